The van der Waals surface area contributed by atoms with Crippen LogP contribution in [-0.2, 0) is 9.84 Å². The maximum atomic E-state index is 12.7. The fraction of sp³-hybridized carbons (Fsp3) is 0.222. The Kier molecular flexibility index (Phi) is 4.92. The molecule has 5 nitrogen and oxygen atoms in total. The van der Waals surface area contributed by atoms with Crippen molar-refractivity contribution < 1.29 is 18.0 Å². The minimum Gasteiger partial charge on any atom is -0.348 e. The SMILES string of the molecule is O=C(NC1CCS(=O)(=O)C1)c1ccccc1C(=O)c1ccc(Cl)cc1. The highest BCUT2D eigenvalue weighted by Gasteiger charge is 2.30. The van der Waals surface area contributed by atoms with Crippen molar-refractivity contribution in [2.75, 3.05) is 11.5 Å². The van der Waals surface area contributed by atoms with Crippen molar-refractivity contribution in [2.24, 2.45) is 0 Å². The van der Waals surface area contributed by atoms with Gasteiger partial charge in [-0.25, -0.2) is 8.42 Å². The zero-order chi connectivity index (χ0) is 18.0. The van der Waals surface area contributed by atoms with Crippen LogP contribution in [0.1, 0.15) is 32.7 Å². The molecular formula is C18H16ClNO4S. The molecule has 3 rings (SSSR count). The summed E-state index contributed by atoms with van der Waals surface area (Å²) in [5.74, 6) is -0.725. The monoisotopic (exact) mass is 377 g/mol. The molecule has 1 aliphatic heterocycles. The molecule has 1 N–H and O–H groups in total. The van der Waals surface area contributed by atoms with Crippen LogP contribution in [0.15, 0.2) is 48.5 Å². The molecule has 0 saturated carbocycles. The van der Waals surface area contributed by atoms with Gasteiger partial charge in [0.05, 0.1) is 17.1 Å². The molecule has 1 aliphatic rings. The van der Waals surface area contributed by atoms with E-state index in [0.29, 0.717) is 17.0 Å². The van der Waals surface area contributed by atoms with Crippen molar-refractivity contribution in [1.82, 2.24) is 5.32 Å². The number of carbonyl (C=O) groups is 2. The fourth-order valence-corrected chi connectivity index (χ4v) is 4.61. The van der Waals surface area contributed by atoms with E-state index in [4.69, 9.17) is 11.6 Å². The van der Waals surface area contributed by atoms with Gasteiger partial charge in [0.25, 0.3) is 5.91 Å². The number of hydrogen-bond acceptors (Lipinski definition) is 4. The molecule has 1 amide bonds. The highest BCUT2D eigenvalue weighted by molar-refractivity contribution is 7.91. The minimum absolute atomic E-state index is 0.0635. The molecule has 1 unspecified atom stereocenters. The van der Waals surface area contributed by atoms with Gasteiger partial charge in [-0.15, -0.1) is 0 Å². The number of rotatable bonds is 4. The summed E-state index contributed by atoms with van der Waals surface area (Å²) in [4.78, 5) is 25.2. The third kappa shape index (κ3) is 4.08. The van der Waals surface area contributed by atoms with Gasteiger partial charge in [0.2, 0.25) is 0 Å². The van der Waals surface area contributed by atoms with Crippen molar-refractivity contribution >= 4 is 33.1 Å². The zero-order valence-corrected chi connectivity index (χ0v) is 14.8. The van der Waals surface area contributed by atoms with E-state index < -0.39 is 21.8 Å². The second-order valence-electron chi connectivity index (χ2n) is 5.96. The van der Waals surface area contributed by atoms with Crippen LogP contribution in [0.4, 0.5) is 0 Å². The Morgan fingerprint density at radius 3 is 2.24 bits per heavy atom. The number of carbonyl (C=O) groups excluding carboxylic acids is 2. The average Bonchev–Trinajstić information content (AvgIpc) is 2.93. The molecule has 0 bridgehead atoms. The molecule has 2 aromatic carbocycles. The number of amides is 1. The number of hydrogen-bond donors (Lipinski definition) is 1. The number of sulfone groups is 1. The van der Waals surface area contributed by atoms with Gasteiger partial charge in [0.1, 0.15) is 0 Å². The van der Waals surface area contributed by atoms with E-state index in [-0.39, 0.29) is 28.4 Å². The third-order valence-electron chi connectivity index (χ3n) is 4.09. The van der Waals surface area contributed by atoms with E-state index in [1.165, 1.54) is 0 Å². The van der Waals surface area contributed by atoms with Crippen LogP contribution in [-0.4, -0.2) is 37.7 Å². The Bertz CT molecular complexity index is 922. The van der Waals surface area contributed by atoms with Crippen molar-refractivity contribution in [2.45, 2.75) is 12.5 Å². The van der Waals surface area contributed by atoms with Crippen molar-refractivity contribution in [3.8, 4) is 0 Å². The summed E-state index contributed by atoms with van der Waals surface area (Å²) in [6, 6.07) is 12.5. The smallest absolute Gasteiger partial charge is 0.252 e. The molecule has 25 heavy (non-hydrogen) atoms. The van der Waals surface area contributed by atoms with Gasteiger partial charge in [0.15, 0.2) is 15.6 Å². The topological polar surface area (TPSA) is 80.3 Å². The molecule has 0 radical (unpaired) electrons. The van der Waals surface area contributed by atoms with Crippen molar-refractivity contribution in [3.63, 3.8) is 0 Å². The zero-order valence-electron chi connectivity index (χ0n) is 13.2. The normalized spacial score (nSPS) is 18.7. The lowest BCUT2D eigenvalue weighted by atomic mass is 9.97. The van der Waals surface area contributed by atoms with Gasteiger partial charge in [0, 0.05) is 22.2 Å². The fourth-order valence-electron chi connectivity index (χ4n) is 2.81. The van der Waals surface area contributed by atoms with Crippen molar-refractivity contribution in [3.05, 3.63) is 70.2 Å². The number of ketones is 1. The average molecular weight is 378 g/mol. The van der Waals surface area contributed by atoms with Gasteiger partial charge in [-0.05, 0) is 36.8 Å². The maximum Gasteiger partial charge on any atom is 0.252 e. The van der Waals surface area contributed by atoms with E-state index in [2.05, 4.69) is 5.32 Å². The van der Waals surface area contributed by atoms with E-state index >= 15 is 0 Å². The number of benzene rings is 2. The highest BCUT2D eigenvalue weighted by Crippen LogP contribution is 2.18. The lowest BCUT2D eigenvalue weighted by Gasteiger charge is -2.13. The van der Waals surface area contributed by atoms with Crippen LogP contribution < -0.4 is 5.32 Å². The van der Waals surface area contributed by atoms with Gasteiger partial charge in [-0.3, -0.25) is 9.59 Å². The molecule has 0 aromatic heterocycles. The molecule has 0 aliphatic carbocycles. The summed E-state index contributed by atoms with van der Waals surface area (Å²) in [7, 11) is -3.09. The number of nitrogens with one attached hydrogen (secondary N) is 1. The Morgan fingerprint density at radius 2 is 1.64 bits per heavy atom. The van der Waals surface area contributed by atoms with E-state index in [9.17, 15) is 18.0 Å². The van der Waals surface area contributed by atoms with Gasteiger partial charge in [-0.2, -0.15) is 0 Å². The Morgan fingerprint density at radius 1 is 1.00 bits per heavy atom. The molecular weight excluding hydrogens is 362 g/mol. The standard InChI is InChI=1S/C18H16ClNO4S/c19-13-7-5-12(6-8-13)17(21)15-3-1-2-4-16(15)18(22)20-14-9-10-25(23,24)11-14/h1-8,14H,9-11H2,(H,20,22). The lowest BCUT2D eigenvalue weighted by molar-refractivity contribution is 0.0930. The van der Waals surface area contributed by atoms with Crippen LogP contribution in [0.2, 0.25) is 5.02 Å². The predicted molar refractivity (Wildman–Crippen MR) is 95.9 cm³/mol. The van der Waals surface area contributed by atoms with Gasteiger partial charge >= 0.3 is 0 Å². The summed E-state index contributed by atoms with van der Waals surface area (Å²) in [6.07, 6.45) is 0.390. The van der Waals surface area contributed by atoms with Crippen LogP contribution in [0.25, 0.3) is 0 Å². The lowest BCUT2D eigenvalue weighted by Crippen LogP contribution is -2.36. The Labute approximate surface area is 150 Å². The van der Waals surface area contributed by atoms with E-state index in [1.807, 2.05) is 0 Å². The first kappa shape index (κ1) is 17.6. The van der Waals surface area contributed by atoms with Crippen LogP contribution in [0.5, 0.6) is 0 Å². The number of halogens is 1. The van der Waals surface area contributed by atoms with Crippen LogP contribution in [0, 0.1) is 0 Å². The second kappa shape index (κ2) is 6.98. The van der Waals surface area contributed by atoms with E-state index in [1.54, 1.807) is 48.5 Å². The van der Waals surface area contributed by atoms with Crippen LogP contribution >= 0.6 is 11.6 Å². The molecule has 1 saturated heterocycles. The predicted octanol–water partition coefficient (Wildman–Crippen LogP) is 2.49. The quantitative estimate of drug-likeness (QED) is 0.830. The van der Waals surface area contributed by atoms with Gasteiger partial charge in [-0.1, -0.05) is 29.8 Å². The minimum atomic E-state index is -3.09. The van der Waals surface area contributed by atoms with Crippen molar-refractivity contribution in [1.29, 1.82) is 0 Å². The first-order chi connectivity index (χ1) is 11.9. The molecule has 1 atom stereocenters. The Hall–Kier alpha value is -2.18. The summed E-state index contributed by atoms with van der Waals surface area (Å²) >= 11 is 5.84. The maximum absolute atomic E-state index is 12.7. The first-order valence-electron chi connectivity index (χ1n) is 7.76. The van der Waals surface area contributed by atoms with Crippen LogP contribution in [0.3, 0.4) is 0 Å². The summed E-state index contributed by atoms with van der Waals surface area (Å²) < 4.78 is 23.1. The molecule has 0 spiro atoms. The third-order valence-corrected chi connectivity index (χ3v) is 6.11. The highest BCUT2D eigenvalue weighted by atomic mass is 35.5. The molecule has 130 valence electrons. The molecule has 2 aromatic rings. The first-order valence-corrected chi connectivity index (χ1v) is 9.96. The van der Waals surface area contributed by atoms with E-state index in [0.717, 1.165) is 0 Å². The molecule has 7 heteroatoms. The summed E-state index contributed by atoms with van der Waals surface area (Å²) in [6.45, 7) is 0. The summed E-state index contributed by atoms with van der Waals surface area (Å²) in [5, 5.41) is 3.23. The molecule has 1 heterocycles. The Balaban J connectivity index is 1.84. The summed E-state index contributed by atoms with van der Waals surface area (Å²) in [5.41, 5.74) is 0.919. The molecule has 1 fully saturated rings. The second-order valence-corrected chi connectivity index (χ2v) is 8.62. The van der Waals surface area contributed by atoms with Gasteiger partial charge < -0.3 is 5.32 Å². The largest absolute Gasteiger partial charge is 0.348 e.